The normalized spacial score (nSPS) is 24.4. The fourth-order valence-electron chi connectivity index (χ4n) is 2.28. The molecule has 1 heterocycles. The molecule has 1 aromatic rings. The van der Waals surface area contributed by atoms with Gasteiger partial charge in [-0.1, -0.05) is 18.2 Å². The van der Waals surface area contributed by atoms with Gasteiger partial charge in [-0.25, -0.2) is 8.78 Å². The zero-order chi connectivity index (χ0) is 13.0. The van der Waals surface area contributed by atoms with Gasteiger partial charge in [0.1, 0.15) is 0 Å². The highest BCUT2D eigenvalue weighted by Gasteiger charge is 2.18. The molecule has 1 aliphatic heterocycles. The van der Waals surface area contributed by atoms with Crippen molar-refractivity contribution in [3.63, 3.8) is 0 Å². The number of halogens is 2. The molecule has 1 N–H and O–H groups in total. The molecule has 18 heavy (non-hydrogen) atoms. The van der Waals surface area contributed by atoms with Crippen LogP contribution in [0.15, 0.2) is 24.3 Å². The molecule has 0 aliphatic carbocycles. The van der Waals surface area contributed by atoms with E-state index in [0.717, 1.165) is 25.0 Å². The fraction of sp³-hybridized carbons (Fsp3) is 0.571. The van der Waals surface area contributed by atoms with E-state index in [2.05, 4.69) is 12.2 Å². The first kappa shape index (κ1) is 13.4. The van der Waals surface area contributed by atoms with Crippen molar-refractivity contribution in [2.75, 3.05) is 6.61 Å². The van der Waals surface area contributed by atoms with Crippen molar-refractivity contribution in [3.05, 3.63) is 35.4 Å². The summed E-state index contributed by atoms with van der Waals surface area (Å²) >= 11 is 0. The minimum absolute atomic E-state index is 0.0923. The summed E-state index contributed by atoms with van der Waals surface area (Å²) < 4.78 is 30.6. The second-order valence-corrected chi connectivity index (χ2v) is 4.83. The Labute approximate surface area is 106 Å². The van der Waals surface area contributed by atoms with E-state index in [4.69, 9.17) is 4.74 Å². The molecule has 1 saturated heterocycles. The van der Waals surface area contributed by atoms with Crippen LogP contribution in [-0.4, -0.2) is 18.8 Å². The molecule has 1 fully saturated rings. The van der Waals surface area contributed by atoms with Gasteiger partial charge in [0.25, 0.3) is 6.43 Å². The van der Waals surface area contributed by atoms with Crippen molar-refractivity contribution in [1.29, 1.82) is 0 Å². The molecule has 2 nitrogen and oxygen atoms in total. The minimum Gasteiger partial charge on any atom is -0.378 e. The van der Waals surface area contributed by atoms with Crippen LogP contribution < -0.4 is 5.32 Å². The van der Waals surface area contributed by atoms with Crippen LogP contribution in [0.1, 0.15) is 37.3 Å². The molecule has 100 valence electrons. The lowest BCUT2D eigenvalue weighted by Crippen LogP contribution is -2.37. The van der Waals surface area contributed by atoms with E-state index in [9.17, 15) is 8.78 Å². The van der Waals surface area contributed by atoms with Crippen LogP contribution in [0.25, 0.3) is 0 Å². The summed E-state index contributed by atoms with van der Waals surface area (Å²) in [6, 6.07) is 7.02. The highest BCUT2D eigenvalue weighted by molar-refractivity contribution is 5.24. The Morgan fingerprint density at radius 1 is 1.44 bits per heavy atom. The van der Waals surface area contributed by atoms with Crippen LogP contribution >= 0.6 is 0 Å². The minimum atomic E-state index is -2.40. The van der Waals surface area contributed by atoms with Gasteiger partial charge in [0.15, 0.2) is 0 Å². The maximum atomic E-state index is 12.6. The summed E-state index contributed by atoms with van der Waals surface area (Å²) in [6.07, 6.45) is -0.148. The maximum absolute atomic E-state index is 12.6. The predicted molar refractivity (Wildman–Crippen MR) is 66.7 cm³/mol. The summed E-state index contributed by atoms with van der Waals surface area (Å²) in [7, 11) is 0. The van der Waals surface area contributed by atoms with E-state index in [0.29, 0.717) is 12.6 Å². The summed E-state index contributed by atoms with van der Waals surface area (Å²) in [5, 5.41) is 3.41. The fourth-order valence-corrected chi connectivity index (χ4v) is 2.28. The molecule has 1 aromatic carbocycles. The van der Waals surface area contributed by atoms with Gasteiger partial charge < -0.3 is 10.1 Å². The molecule has 2 rings (SSSR count). The Morgan fingerprint density at radius 3 is 3.00 bits per heavy atom. The van der Waals surface area contributed by atoms with E-state index in [1.54, 1.807) is 12.1 Å². The molecule has 0 saturated carbocycles. The topological polar surface area (TPSA) is 21.3 Å². The monoisotopic (exact) mass is 255 g/mol. The molecule has 0 amide bonds. The molecule has 0 aromatic heterocycles. The van der Waals surface area contributed by atoms with Crippen LogP contribution in [0, 0.1) is 0 Å². The average Bonchev–Trinajstić information content (AvgIpc) is 2.37. The summed E-state index contributed by atoms with van der Waals surface area (Å²) in [4.78, 5) is 0. The standard InChI is InChI=1S/C14H19F2NO/c1-10-7-13(5-6-18-10)17-9-11-3-2-4-12(8-11)14(15)16/h2-4,8,10,13-14,17H,5-7,9H2,1H3. The zero-order valence-electron chi connectivity index (χ0n) is 10.5. The van der Waals surface area contributed by atoms with E-state index < -0.39 is 6.43 Å². The van der Waals surface area contributed by atoms with Crippen molar-refractivity contribution < 1.29 is 13.5 Å². The average molecular weight is 255 g/mol. The van der Waals surface area contributed by atoms with E-state index in [-0.39, 0.29) is 11.7 Å². The molecule has 4 heteroatoms. The largest absolute Gasteiger partial charge is 0.378 e. The smallest absolute Gasteiger partial charge is 0.263 e. The molecule has 1 aliphatic rings. The van der Waals surface area contributed by atoms with Gasteiger partial charge in [0.2, 0.25) is 0 Å². The third kappa shape index (κ3) is 3.75. The Morgan fingerprint density at radius 2 is 2.28 bits per heavy atom. The SMILES string of the molecule is CC1CC(NCc2cccc(C(F)F)c2)CCO1. The quantitative estimate of drug-likeness (QED) is 0.891. The Kier molecular flexibility index (Phi) is 4.66. The number of ether oxygens (including phenoxy) is 1. The van der Waals surface area contributed by atoms with Gasteiger partial charge in [-0.3, -0.25) is 0 Å². The lowest BCUT2D eigenvalue weighted by atomic mass is 10.0. The lowest BCUT2D eigenvalue weighted by Gasteiger charge is -2.28. The molecule has 0 bridgehead atoms. The predicted octanol–water partition coefficient (Wildman–Crippen LogP) is 3.28. The lowest BCUT2D eigenvalue weighted by molar-refractivity contribution is 0.0130. The van der Waals surface area contributed by atoms with Gasteiger partial charge in [-0.15, -0.1) is 0 Å². The van der Waals surface area contributed by atoms with Gasteiger partial charge in [-0.2, -0.15) is 0 Å². The van der Waals surface area contributed by atoms with Crippen molar-refractivity contribution in [3.8, 4) is 0 Å². The van der Waals surface area contributed by atoms with Crippen LogP contribution in [0.2, 0.25) is 0 Å². The van der Waals surface area contributed by atoms with Crippen LogP contribution in [0.5, 0.6) is 0 Å². The Bertz CT molecular complexity index is 384. The highest BCUT2D eigenvalue weighted by atomic mass is 19.3. The number of nitrogens with one attached hydrogen (secondary N) is 1. The second-order valence-electron chi connectivity index (χ2n) is 4.83. The molecule has 2 unspecified atom stereocenters. The summed E-state index contributed by atoms with van der Waals surface area (Å²) in [6.45, 7) is 3.47. The van der Waals surface area contributed by atoms with Crippen LogP contribution in [-0.2, 0) is 11.3 Å². The number of hydrogen-bond donors (Lipinski definition) is 1. The van der Waals surface area contributed by atoms with Gasteiger partial charge in [0.05, 0.1) is 6.10 Å². The van der Waals surface area contributed by atoms with Crippen LogP contribution in [0.4, 0.5) is 8.78 Å². The molecule has 0 spiro atoms. The summed E-state index contributed by atoms with van der Waals surface area (Å²) in [5.74, 6) is 0. The Hall–Kier alpha value is -1.00. The maximum Gasteiger partial charge on any atom is 0.263 e. The zero-order valence-corrected chi connectivity index (χ0v) is 10.5. The Balaban J connectivity index is 1.87. The van der Waals surface area contributed by atoms with Gasteiger partial charge >= 0.3 is 0 Å². The van der Waals surface area contributed by atoms with Crippen LogP contribution in [0.3, 0.4) is 0 Å². The van der Waals surface area contributed by atoms with E-state index >= 15 is 0 Å². The molecule has 2 atom stereocenters. The molecular weight excluding hydrogens is 236 g/mol. The third-order valence-electron chi connectivity index (χ3n) is 3.28. The number of rotatable bonds is 4. The number of benzene rings is 1. The first-order chi connectivity index (χ1) is 8.65. The molecule has 0 radical (unpaired) electrons. The summed E-state index contributed by atoms with van der Waals surface area (Å²) in [5.41, 5.74) is 1.00. The third-order valence-corrected chi connectivity index (χ3v) is 3.28. The van der Waals surface area contributed by atoms with Gasteiger partial charge in [0, 0.05) is 24.8 Å². The number of hydrogen-bond acceptors (Lipinski definition) is 2. The highest BCUT2D eigenvalue weighted by Crippen LogP contribution is 2.20. The van der Waals surface area contributed by atoms with Crippen molar-refractivity contribution in [2.24, 2.45) is 0 Å². The molecular formula is C14H19F2NO. The van der Waals surface area contributed by atoms with E-state index in [1.165, 1.54) is 6.07 Å². The first-order valence-corrected chi connectivity index (χ1v) is 6.37. The van der Waals surface area contributed by atoms with E-state index in [1.807, 2.05) is 6.07 Å². The first-order valence-electron chi connectivity index (χ1n) is 6.37. The van der Waals surface area contributed by atoms with Crippen molar-refractivity contribution >= 4 is 0 Å². The van der Waals surface area contributed by atoms with Crippen molar-refractivity contribution in [1.82, 2.24) is 5.32 Å². The number of alkyl halides is 2. The van der Waals surface area contributed by atoms with Crippen molar-refractivity contribution in [2.45, 2.75) is 44.9 Å². The van der Waals surface area contributed by atoms with Gasteiger partial charge in [-0.05, 0) is 31.4 Å². The second kappa shape index (κ2) is 6.25.